The van der Waals surface area contributed by atoms with Crippen LogP contribution in [0.15, 0.2) is 12.3 Å². The Morgan fingerprint density at radius 1 is 1.62 bits per heavy atom. The monoisotopic (exact) mass is 180 g/mol. The first-order valence-electron chi connectivity index (χ1n) is 4.90. The number of nitrogens with zero attached hydrogens (tertiary/aromatic N) is 2. The lowest BCUT2D eigenvalue weighted by atomic mass is 9.82. The van der Waals surface area contributed by atoms with Crippen molar-refractivity contribution in [2.75, 3.05) is 0 Å². The van der Waals surface area contributed by atoms with E-state index in [0.717, 1.165) is 11.6 Å². The van der Waals surface area contributed by atoms with Gasteiger partial charge >= 0.3 is 0 Å². The summed E-state index contributed by atoms with van der Waals surface area (Å²) in [6, 6.07) is 2.42. The summed E-state index contributed by atoms with van der Waals surface area (Å²) in [5.74, 6) is 0.816. The average molecular weight is 180 g/mol. The highest BCUT2D eigenvalue weighted by atomic mass is 16.3. The minimum absolute atomic E-state index is 0.404. The number of aliphatic hydroxyl groups excluding tert-OH is 1. The van der Waals surface area contributed by atoms with E-state index in [-0.39, 0.29) is 0 Å². The Bertz CT molecular complexity index is 287. The van der Waals surface area contributed by atoms with Crippen molar-refractivity contribution in [1.29, 1.82) is 0 Å². The summed E-state index contributed by atoms with van der Waals surface area (Å²) < 4.78 is 1.98. The molecule has 3 heteroatoms. The van der Waals surface area contributed by atoms with Crippen LogP contribution in [0.25, 0.3) is 0 Å². The normalized spacial score (nSPS) is 29.8. The van der Waals surface area contributed by atoms with Crippen LogP contribution in [-0.4, -0.2) is 14.9 Å². The van der Waals surface area contributed by atoms with Crippen molar-refractivity contribution in [3.63, 3.8) is 0 Å². The van der Waals surface area contributed by atoms with Gasteiger partial charge in [-0.15, -0.1) is 0 Å². The molecule has 0 unspecified atom stereocenters. The van der Waals surface area contributed by atoms with Crippen molar-refractivity contribution >= 4 is 0 Å². The van der Waals surface area contributed by atoms with E-state index in [4.69, 9.17) is 0 Å². The van der Waals surface area contributed by atoms with E-state index in [0.29, 0.717) is 6.04 Å². The summed E-state index contributed by atoms with van der Waals surface area (Å²) >= 11 is 0. The van der Waals surface area contributed by atoms with Crippen LogP contribution in [0.3, 0.4) is 0 Å². The number of rotatable bonds is 2. The molecule has 1 aromatic heterocycles. The summed E-state index contributed by atoms with van der Waals surface area (Å²) in [7, 11) is 0. The molecule has 1 fully saturated rings. The highest BCUT2D eigenvalue weighted by Gasteiger charge is 2.29. The Labute approximate surface area is 78.4 Å². The van der Waals surface area contributed by atoms with Crippen molar-refractivity contribution in [2.24, 2.45) is 5.92 Å². The van der Waals surface area contributed by atoms with Crippen LogP contribution in [0.4, 0.5) is 0 Å². The van der Waals surface area contributed by atoms with Gasteiger partial charge < -0.3 is 5.11 Å². The fourth-order valence-corrected chi connectivity index (χ4v) is 2.02. The first kappa shape index (κ1) is 8.75. The molecule has 0 saturated heterocycles. The van der Waals surface area contributed by atoms with Gasteiger partial charge in [0.1, 0.15) is 0 Å². The molecule has 72 valence electrons. The number of hydrogen-bond donors (Lipinski definition) is 1. The van der Waals surface area contributed by atoms with E-state index >= 15 is 0 Å². The van der Waals surface area contributed by atoms with Gasteiger partial charge in [0.25, 0.3) is 0 Å². The molecule has 1 aliphatic carbocycles. The maximum absolute atomic E-state index is 9.47. The van der Waals surface area contributed by atoms with Crippen molar-refractivity contribution < 1.29 is 5.11 Å². The standard InChI is InChI=1S/C10H16N2O/c1-7-5-9(6-7)12-10(8(2)13)3-4-11-12/h3-4,7-9,13H,5-6H2,1-2H3/t7?,8-,9?/m1/s1. The molecule has 1 heterocycles. The van der Waals surface area contributed by atoms with Crippen LogP contribution in [0.5, 0.6) is 0 Å². The zero-order valence-electron chi connectivity index (χ0n) is 8.14. The van der Waals surface area contributed by atoms with E-state index in [1.807, 2.05) is 10.7 Å². The van der Waals surface area contributed by atoms with Gasteiger partial charge in [0.15, 0.2) is 0 Å². The SMILES string of the molecule is CC1CC(n2nccc2[C@@H](C)O)C1. The summed E-state index contributed by atoms with van der Waals surface area (Å²) in [6.07, 6.45) is 3.76. The Morgan fingerprint density at radius 2 is 2.31 bits per heavy atom. The van der Waals surface area contributed by atoms with Gasteiger partial charge in [0.2, 0.25) is 0 Å². The zero-order chi connectivity index (χ0) is 9.42. The van der Waals surface area contributed by atoms with Gasteiger partial charge in [-0.2, -0.15) is 5.10 Å². The number of aromatic nitrogens is 2. The quantitative estimate of drug-likeness (QED) is 0.755. The highest BCUT2D eigenvalue weighted by Crippen LogP contribution is 2.38. The predicted octanol–water partition coefficient (Wildman–Crippen LogP) is 1.91. The third-order valence-corrected chi connectivity index (χ3v) is 2.82. The summed E-state index contributed by atoms with van der Waals surface area (Å²) in [5, 5.41) is 13.7. The van der Waals surface area contributed by atoms with Crippen LogP contribution in [-0.2, 0) is 0 Å². The van der Waals surface area contributed by atoms with E-state index in [2.05, 4.69) is 12.0 Å². The van der Waals surface area contributed by atoms with Gasteiger partial charge in [-0.25, -0.2) is 0 Å². The smallest absolute Gasteiger partial charge is 0.0928 e. The Hall–Kier alpha value is -0.830. The molecular formula is C10H16N2O. The summed E-state index contributed by atoms with van der Waals surface area (Å²) in [6.45, 7) is 4.04. The topological polar surface area (TPSA) is 38.0 Å². The van der Waals surface area contributed by atoms with Crippen molar-refractivity contribution in [2.45, 2.75) is 38.8 Å². The van der Waals surface area contributed by atoms with Gasteiger partial charge in [-0.3, -0.25) is 4.68 Å². The van der Waals surface area contributed by atoms with Crippen LogP contribution >= 0.6 is 0 Å². The van der Waals surface area contributed by atoms with E-state index in [1.165, 1.54) is 12.8 Å². The largest absolute Gasteiger partial charge is 0.387 e. The third-order valence-electron chi connectivity index (χ3n) is 2.82. The maximum atomic E-state index is 9.47. The molecule has 1 aromatic rings. The van der Waals surface area contributed by atoms with Gasteiger partial charge in [0, 0.05) is 6.20 Å². The van der Waals surface area contributed by atoms with E-state index in [1.54, 1.807) is 13.1 Å². The van der Waals surface area contributed by atoms with Gasteiger partial charge in [-0.05, 0) is 31.7 Å². The molecule has 1 saturated carbocycles. The van der Waals surface area contributed by atoms with Crippen molar-refractivity contribution in [3.05, 3.63) is 18.0 Å². The molecule has 2 rings (SSSR count). The molecule has 0 aliphatic heterocycles. The fourth-order valence-electron chi connectivity index (χ4n) is 2.02. The second-order valence-corrected chi connectivity index (χ2v) is 4.11. The zero-order valence-corrected chi connectivity index (χ0v) is 8.14. The average Bonchev–Trinajstić information content (AvgIpc) is 2.45. The van der Waals surface area contributed by atoms with E-state index in [9.17, 15) is 5.11 Å². The van der Waals surface area contributed by atoms with E-state index < -0.39 is 6.10 Å². The highest BCUT2D eigenvalue weighted by molar-refractivity contribution is 5.06. The molecule has 0 amide bonds. The van der Waals surface area contributed by atoms with Crippen molar-refractivity contribution in [1.82, 2.24) is 9.78 Å². The molecule has 1 atom stereocenters. The molecule has 1 N–H and O–H groups in total. The lowest BCUT2D eigenvalue weighted by Gasteiger charge is -2.34. The molecule has 0 bridgehead atoms. The lowest BCUT2D eigenvalue weighted by molar-refractivity contribution is 0.153. The Morgan fingerprint density at radius 3 is 2.85 bits per heavy atom. The maximum Gasteiger partial charge on any atom is 0.0928 e. The van der Waals surface area contributed by atoms with Crippen LogP contribution in [0.1, 0.15) is 44.5 Å². The summed E-state index contributed by atoms with van der Waals surface area (Å²) in [5.41, 5.74) is 0.942. The molecule has 13 heavy (non-hydrogen) atoms. The second kappa shape index (κ2) is 3.14. The third kappa shape index (κ3) is 1.48. The number of hydrogen-bond acceptors (Lipinski definition) is 2. The van der Waals surface area contributed by atoms with Gasteiger partial charge in [0.05, 0.1) is 17.8 Å². The molecule has 0 radical (unpaired) electrons. The Kier molecular flexibility index (Phi) is 2.12. The molecule has 0 spiro atoms. The lowest BCUT2D eigenvalue weighted by Crippen LogP contribution is -2.27. The first-order chi connectivity index (χ1) is 6.18. The second-order valence-electron chi connectivity index (χ2n) is 4.11. The van der Waals surface area contributed by atoms with Crippen molar-refractivity contribution in [3.8, 4) is 0 Å². The first-order valence-corrected chi connectivity index (χ1v) is 4.90. The fraction of sp³-hybridized carbons (Fsp3) is 0.700. The molecular weight excluding hydrogens is 164 g/mol. The van der Waals surface area contributed by atoms with Gasteiger partial charge in [-0.1, -0.05) is 6.92 Å². The minimum atomic E-state index is -0.404. The molecule has 1 aliphatic rings. The minimum Gasteiger partial charge on any atom is -0.387 e. The Balaban J connectivity index is 2.16. The molecule has 3 nitrogen and oxygen atoms in total. The van der Waals surface area contributed by atoms with Crippen LogP contribution in [0.2, 0.25) is 0 Å². The molecule has 0 aromatic carbocycles. The summed E-state index contributed by atoms with van der Waals surface area (Å²) in [4.78, 5) is 0. The predicted molar refractivity (Wildman–Crippen MR) is 50.3 cm³/mol. The van der Waals surface area contributed by atoms with Crippen LogP contribution < -0.4 is 0 Å². The number of aliphatic hydroxyl groups is 1. The van der Waals surface area contributed by atoms with Crippen LogP contribution in [0, 0.1) is 5.92 Å².